The number of fused-ring (bicyclic) bond motifs is 2. The van der Waals surface area contributed by atoms with Gasteiger partial charge in [0.1, 0.15) is 5.75 Å². The fourth-order valence-electron chi connectivity index (χ4n) is 4.49. The quantitative estimate of drug-likeness (QED) is 0.746. The second-order valence-electron chi connectivity index (χ2n) is 7.68. The first kappa shape index (κ1) is 21.5. The Kier molecular flexibility index (Phi) is 7.09. The van der Waals surface area contributed by atoms with E-state index < -0.39 is 0 Å². The summed E-state index contributed by atoms with van der Waals surface area (Å²) in [6.07, 6.45) is 7.66. The number of allylic oxidation sites excluding steroid dienone is 1. The normalized spacial score (nSPS) is 17.2. The van der Waals surface area contributed by atoms with E-state index in [1.54, 1.807) is 20.3 Å². The molecule has 0 aromatic heterocycles. The molecular weight excluding hydrogens is 386 g/mol. The molecule has 5 heteroatoms. The predicted octanol–water partition coefficient (Wildman–Crippen LogP) is 5.00. The van der Waals surface area contributed by atoms with Gasteiger partial charge in [0.05, 0.1) is 14.2 Å². The van der Waals surface area contributed by atoms with Gasteiger partial charge in [0.2, 0.25) is 0 Å². The molecule has 0 saturated heterocycles. The minimum Gasteiger partial charge on any atom is -0.508 e. The Morgan fingerprint density at radius 3 is 2.55 bits per heavy atom. The second-order valence-corrected chi connectivity index (χ2v) is 7.68. The Bertz CT molecular complexity index is 894. The Balaban J connectivity index is 0.00000240. The molecule has 0 amide bonds. The van der Waals surface area contributed by atoms with E-state index >= 15 is 0 Å². The lowest BCUT2D eigenvalue weighted by Crippen LogP contribution is -2.31. The molecule has 4 nitrogen and oxygen atoms in total. The first-order chi connectivity index (χ1) is 13.7. The standard InChI is InChI=1S/C24H29NO3.ClH/c1-27-23-14-18-11-13-25(16-19(18)15-24(23)28-2)12-5-7-17-6-3-9-21-20(17)8-4-10-22(21)26;/h4,7-8,10,14-15,26H,3,5-6,9,11-13,16H2,1-2H3;1H/b17-7+;. The van der Waals surface area contributed by atoms with Crippen LogP contribution in [-0.2, 0) is 19.4 Å². The van der Waals surface area contributed by atoms with Crippen LogP contribution in [0.4, 0.5) is 0 Å². The van der Waals surface area contributed by atoms with Gasteiger partial charge in [-0.05, 0) is 72.6 Å². The van der Waals surface area contributed by atoms with Crippen molar-refractivity contribution in [1.29, 1.82) is 0 Å². The number of benzene rings is 2. The Hall–Kier alpha value is -2.17. The monoisotopic (exact) mass is 415 g/mol. The van der Waals surface area contributed by atoms with Crippen molar-refractivity contribution in [3.8, 4) is 17.2 Å². The van der Waals surface area contributed by atoms with Crippen molar-refractivity contribution in [1.82, 2.24) is 4.90 Å². The summed E-state index contributed by atoms with van der Waals surface area (Å²) in [5, 5.41) is 10.1. The molecule has 2 aromatic rings. The smallest absolute Gasteiger partial charge is 0.161 e. The summed E-state index contributed by atoms with van der Waals surface area (Å²) in [5.74, 6) is 2.07. The molecule has 2 aliphatic rings. The van der Waals surface area contributed by atoms with Gasteiger partial charge >= 0.3 is 0 Å². The van der Waals surface area contributed by atoms with Crippen LogP contribution < -0.4 is 9.47 Å². The average Bonchev–Trinajstić information content (AvgIpc) is 2.73. The summed E-state index contributed by atoms with van der Waals surface area (Å²) < 4.78 is 10.9. The lowest BCUT2D eigenvalue weighted by molar-refractivity contribution is 0.257. The molecule has 4 rings (SSSR count). The van der Waals surface area contributed by atoms with Crippen LogP contribution in [0.5, 0.6) is 17.2 Å². The van der Waals surface area contributed by atoms with E-state index in [-0.39, 0.29) is 12.4 Å². The van der Waals surface area contributed by atoms with Crippen LogP contribution in [0.15, 0.2) is 36.4 Å². The Morgan fingerprint density at radius 2 is 1.79 bits per heavy atom. The lowest BCUT2D eigenvalue weighted by Gasteiger charge is -2.29. The molecule has 29 heavy (non-hydrogen) atoms. The number of ether oxygens (including phenoxy) is 2. The fraction of sp³-hybridized carbons (Fsp3) is 0.417. The molecule has 0 atom stereocenters. The highest BCUT2D eigenvalue weighted by Gasteiger charge is 2.20. The maximum Gasteiger partial charge on any atom is 0.161 e. The molecule has 1 N–H and O–H groups in total. The zero-order valence-corrected chi connectivity index (χ0v) is 18.1. The van der Waals surface area contributed by atoms with Crippen LogP contribution in [-0.4, -0.2) is 37.3 Å². The van der Waals surface area contributed by atoms with Gasteiger partial charge < -0.3 is 14.6 Å². The number of rotatable bonds is 5. The molecule has 0 fully saturated rings. The molecule has 2 aromatic carbocycles. The molecule has 0 unspecified atom stereocenters. The minimum atomic E-state index is 0. The highest BCUT2D eigenvalue weighted by Crippen LogP contribution is 2.36. The van der Waals surface area contributed by atoms with Crippen LogP contribution >= 0.6 is 12.4 Å². The van der Waals surface area contributed by atoms with Crippen LogP contribution in [0.3, 0.4) is 0 Å². The minimum absolute atomic E-state index is 0. The maximum absolute atomic E-state index is 10.1. The number of methoxy groups -OCH3 is 2. The van der Waals surface area contributed by atoms with E-state index in [2.05, 4.69) is 29.2 Å². The van der Waals surface area contributed by atoms with Crippen molar-refractivity contribution >= 4 is 18.0 Å². The van der Waals surface area contributed by atoms with Gasteiger partial charge in [-0.15, -0.1) is 12.4 Å². The van der Waals surface area contributed by atoms with Crippen molar-refractivity contribution in [2.45, 2.75) is 38.6 Å². The van der Waals surface area contributed by atoms with E-state index in [9.17, 15) is 5.11 Å². The van der Waals surface area contributed by atoms with Crippen molar-refractivity contribution in [3.05, 3.63) is 58.7 Å². The summed E-state index contributed by atoms with van der Waals surface area (Å²) in [7, 11) is 3.38. The number of phenolic OH excluding ortho intramolecular Hbond substituents is 1. The fourth-order valence-corrected chi connectivity index (χ4v) is 4.49. The third-order valence-corrected chi connectivity index (χ3v) is 6.00. The third-order valence-electron chi connectivity index (χ3n) is 6.00. The van der Waals surface area contributed by atoms with E-state index in [1.807, 2.05) is 6.07 Å². The number of halogens is 1. The first-order valence-corrected chi connectivity index (χ1v) is 10.2. The van der Waals surface area contributed by atoms with Crippen molar-refractivity contribution in [3.63, 3.8) is 0 Å². The van der Waals surface area contributed by atoms with E-state index in [0.29, 0.717) is 5.75 Å². The number of hydrogen-bond acceptors (Lipinski definition) is 4. The van der Waals surface area contributed by atoms with Gasteiger partial charge in [0.25, 0.3) is 0 Å². The zero-order valence-electron chi connectivity index (χ0n) is 17.2. The topological polar surface area (TPSA) is 41.9 Å². The highest BCUT2D eigenvalue weighted by molar-refractivity contribution is 5.85. The molecule has 0 spiro atoms. The van der Waals surface area contributed by atoms with E-state index in [0.717, 1.165) is 68.8 Å². The van der Waals surface area contributed by atoms with Crippen LogP contribution in [0.2, 0.25) is 0 Å². The number of nitrogens with zero attached hydrogens (tertiary/aromatic N) is 1. The summed E-state index contributed by atoms with van der Waals surface area (Å²) in [6.45, 7) is 3.07. The molecule has 0 bridgehead atoms. The summed E-state index contributed by atoms with van der Waals surface area (Å²) >= 11 is 0. The average molecular weight is 416 g/mol. The first-order valence-electron chi connectivity index (χ1n) is 10.2. The number of phenols is 1. The van der Waals surface area contributed by atoms with E-state index in [4.69, 9.17) is 9.47 Å². The summed E-state index contributed by atoms with van der Waals surface area (Å²) in [5.41, 5.74) is 6.45. The molecule has 0 radical (unpaired) electrons. The van der Waals surface area contributed by atoms with Gasteiger partial charge in [-0.1, -0.05) is 18.2 Å². The van der Waals surface area contributed by atoms with Crippen molar-refractivity contribution in [2.75, 3.05) is 27.3 Å². The Morgan fingerprint density at radius 1 is 1.03 bits per heavy atom. The molecule has 156 valence electrons. The van der Waals surface area contributed by atoms with Crippen molar-refractivity contribution in [2.24, 2.45) is 0 Å². The van der Waals surface area contributed by atoms with Crippen LogP contribution in [0.25, 0.3) is 5.57 Å². The van der Waals surface area contributed by atoms with Crippen LogP contribution in [0, 0.1) is 0 Å². The molecule has 1 aliphatic heterocycles. The van der Waals surface area contributed by atoms with E-state index in [1.165, 1.54) is 22.3 Å². The summed E-state index contributed by atoms with van der Waals surface area (Å²) in [6, 6.07) is 10.2. The number of aromatic hydroxyl groups is 1. The zero-order chi connectivity index (χ0) is 19.5. The molecule has 1 heterocycles. The SMILES string of the molecule is COc1cc2c(cc1OC)CN(CC/C=C1\CCCc3c(O)cccc31)CC2.Cl. The third kappa shape index (κ3) is 4.54. The molecule has 1 aliphatic carbocycles. The largest absolute Gasteiger partial charge is 0.508 e. The second kappa shape index (κ2) is 9.55. The van der Waals surface area contributed by atoms with Gasteiger partial charge in [0.15, 0.2) is 11.5 Å². The van der Waals surface area contributed by atoms with Gasteiger partial charge in [-0.2, -0.15) is 0 Å². The summed E-state index contributed by atoms with van der Waals surface area (Å²) in [4.78, 5) is 2.51. The number of hydrogen-bond donors (Lipinski definition) is 1. The van der Waals surface area contributed by atoms with Gasteiger partial charge in [-0.3, -0.25) is 4.90 Å². The predicted molar refractivity (Wildman–Crippen MR) is 119 cm³/mol. The Labute approximate surface area is 179 Å². The van der Waals surface area contributed by atoms with Crippen LogP contribution in [0.1, 0.15) is 41.5 Å². The van der Waals surface area contributed by atoms with Crippen molar-refractivity contribution < 1.29 is 14.6 Å². The van der Waals surface area contributed by atoms with Gasteiger partial charge in [-0.25, -0.2) is 0 Å². The molecule has 0 saturated carbocycles. The molecular formula is C24H30ClNO3. The van der Waals surface area contributed by atoms with Gasteiger partial charge in [0, 0.05) is 25.2 Å². The lowest BCUT2D eigenvalue weighted by atomic mass is 9.86. The highest BCUT2D eigenvalue weighted by atomic mass is 35.5. The maximum atomic E-state index is 10.1.